The molecule has 0 bridgehead atoms. The van der Waals surface area contributed by atoms with Crippen LogP contribution in [0.15, 0.2) is 65.2 Å². The van der Waals surface area contributed by atoms with Crippen LogP contribution in [0.1, 0.15) is 23.4 Å². The maximum atomic E-state index is 12.9. The van der Waals surface area contributed by atoms with Crippen LogP contribution in [0.4, 0.5) is 4.39 Å². The molecule has 1 fully saturated rings. The number of benzene rings is 2. The summed E-state index contributed by atoms with van der Waals surface area (Å²) in [6, 6.07) is 17.3. The van der Waals surface area contributed by atoms with E-state index in [1.165, 1.54) is 12.1 Å². The smallest absolute Gasteiger partial charge is 0.290 e. The van der Waals surface area contributed by atoms with Crippen LogP contribution in [0.25, 0.3) is 11.3 Å². The molecule has 4 rings (SSSR count). The van der Waals surface area contributed by atoms with Crippen molar-refractivity contribution >= 4 is 5.91 Å². The predicted molar refractivity (Wildman–Crippen MR) is 97.8 cm³/mol. The van der Waals surface area contributed by atoms with Crippen LogP contribution in [-0.4, -0.2) is 23.7 Å². The number of rotatable bonds is 6. The predicted octanol–water partition coefficient (Wildman–Crippen LogP) is 4.07. The number of aromatic nitrogens is 1. The van der Waals surface area contributed by atoms with Crippen molar-refractivity contribution in [2.75, 3.05) is 6.61 Å². The molecule has 1 aliphatic rings. The van der Waals surface area contributed by atoms with Crippen LogP contribution in [0.2, 0.25) is 0 Å². The van der Waals surface area contributed by atoms with E-state index in [1.54, 1.807) is 18.2 Å². The van der Waals surface area contributed by atoms with Crippen molar-refractivity contribution in [3.05, 3.63) is 72.2 Å². The van der Waals surface area contributed by atoms with Crippen molar-refractivity contribution in [2.24, 2.45) is 5.92 Å². The third-order valence-corrected chi connectivity index (χ3v) is 4.67. The number of carbonyl (C=O) groups excluding carboxylic acids is 1. The van der Waals surface area contributed by atoms with E-state index in [4.69, 9.17) is 9.26 Å². The molecule has 1 amide bonds. The van der Waals surface area contributed by atoms with Crippen LogP contribution in [0, 0.1) is 11.7 Å². The number of carbonyl (C=O) groups is 1. The van der Waals surface area contributed by atoms with E-state index < -0.39 is 0 Å². The average Bonchev–Trinajstić information content (AvgIpc) is 3.16. The van der Waals surface area contributed by atoms with Crippen molar-refractivity contribution < 1.29 is 18.4 Å². The summed E-state index contributed by atoms with van der Waals surface area (Å²) < 4.78 is 23.7. The maximum absolute atomic E-state index is 12.9. The van der Waals surface area contributed by atoms with Crippen molar-refractivity contribution in [2.45, 2.75) is 18.9 Å². The molecule has 1 N–H and O–H groups in total. The summed E-state index contributed by atoms with van der Waals surface area (Å²) in [5.74, 6) is 0.693. The number of halogens is 1. The molecule has 5 nitrogen and oxygen atoms in total. The van der Waals surface area contributed by atoms with Crippen LogP contribution >= 0.6 is 0 Å². The van der Waals surface area contributed by atoms with E-state index in [1.807, 2.05) is 30.3 Å². The minimum Gasteiger partial charge on any atom is -0.493 e. The molecule has 0 unspecified atom stereocenters. The lowest BCUT2D eigenvalue weighted by Gasteiger charge is -2.35. The summed E-state index contributed by atoms with van der Waals surface area (Å²) in [7, 11) is 0. The quantitative estimate of drug-likeness (QED) is 0.714. The van der Waals surface area contributed by atoms with E-state index in [9.17, 15) is 9.18 Å². The molecular weight excluding hydrogens is 347 g/mol. The number of ether oxygens (including phenoxy) is 1. The monoisotopic (exact) mass is 366 g/mol. The molecule has 0 saturated heterocycles. The summed E-state index contributed by atoms with van der Waals surface area (Å²) in [6.07, 6.45) is 1.68. The number of nitrogens with zero attached hydrogens (tertiary/aromatic N) is 1. The van der Waals surface area contributed by atoms with Crippen molar-refractivity contribution in [1.29, 1.82) is 0 Å². The molecule has 0 atom stereocenters. The first-order valence-corrected chi connectivity index (χ1v) is 8.89. The fraction of sp³-hybridized carbons (Fsp3) is 0.238. The Balaban J connectivity index is 1.23. The first kappa shape index (κ1) is 17.3. The van der Waals surface area contributed by atoms with Crippen LogP contribution in [0.5, 0.6) is 5.75 Å². The molecule has 1 aliphatic carbocycles. The number of amides is 1. The molecule has 138 valence electrons. The second-order valence-corrected chi connectivity index (χ2v) is 6.72. The summed E-state index contributed by atoms with van der Waals surface area (Å²) >= 11 is 0. The van der Waals surface area contributed by atoms with Crippen LogP contribution in [-0.2, 0) is 0 Å². The minimum atomic E-state index is -0.281. The van der Waals surface area contributed by atoms with Gasteiger partial charge in [-0.2, -0.15) is 0 Å². The number of nitrogens with one attached hydrogen (secondary N) is 1. The first-order chi connectivity index (χ1) is 13.2. The fourth-order valence-corrected chi connectivity index (χ4v) is 3.12. The van der Waals surface area contributed by atoms with Gasteiger partial charge in [0.05, 0.1) is 6.61 Å². The zero-order valence-electron chi connectivity index (χ0n) is 14.6. The Kier molecular flexibility index (Phi) is 4.87. The largest absolute Gasteiger partial charge is 0.493 e. The number of hydrogen-bond donors (Lipinski definition) is 1. The zero-order valence-corrected chi connectivity index (χ0v) is 14.6. The Bertz CT molecular complexity index is 903. The Morgan fingerprint density at radius 3 is 2.63 bits per heavy atom. The topological polar surface area (TPSA) is 64.4 Å². The Morgan fingerprint density at radius 2 is 1.89 bits per heavy atom. The van der Waals surface area contributed by atoms with Gasteiger partial charge in [-0.25, -0.2) is 4.39 Å². The number of hydrogen-bond acceptors (Lipinski definition) is 4. The lowest BCUT2D eigenvalue weighted by molar-refractivity contribution is 0.0815. The van der Waals surface area contributed by atoms with Crippen molar-refractivity contribution in [3.8, 4) is 17.0 Å². The Labute approximate surface area is 156 Å². The highest BCUT2D eigenvalue weighted by molar-refractivity contribution is 5.92. The molecule has 1 aromatic heterocycles. The van der Waals surface area contributed by atoms with Gasteiger partial charge in [0.15, 0.2) is 0 Å². The second kappa shape index (κ2) is 7.61. The molecule has 1 heterocycles. The summed E-state index contributed by atoms with van der Waals surface area (Å²) in [6.45, 7) is 0.554. The molecule has 0 spiro atoms. The van der Waals surface area contributed by atoms with Gasteiger partial charge in [-0.05, 0) is 43.0 Å². The molecule has 0 radical (unpaired) electrons. The van der Waals surface area contributed by atoms with Crippen LogP contribution in [0.3, 0.4) is 0 Å². The van der Waals surface area contributed by atoms with E-state index in [0.29, 0.717) is 24.0 Å². The molecule has 1 saturated carbocycles. The molecule has 6 heteroatoms. The highest BCUT2D eigenvalue weighted by Gasteiger charge is 2.31. The third kappa shape index (κ3) is 4.16. The highest BCUT2D eigenvalue weighted by Crippen LogP contribution is 2.29. The van der Waals surface area contributed by atoms with Gasteiger partial charge in [0.1, 0.15) is 17.3 Å². The molecule has 27 heavy (non-hydrogen) atoms. The van der Waals surface area contributed by atoms with E-state index in [-0.39, 0.29) is 23.5 Å². The lowest BCUT2D eigenvalue weighted by Crippen LogP contribution is -2.45. The first-order valence-electron chi connectivity index (χ1n) is 8.89. The molecular formula is C21H19FN2O3. The second-order valence-electron chi connectivity index (χ2n) is 6.72. The maximum Gasteiger partial charge on any atom is 0.290 e. The van der Waals surface area contributed by atoms with E-state index in [2.05, 4.69) is 10.5 Å². The van der Waals surface area contributed by atoms with Gasteiger partial charge in [0, 0.05) is 17.7 Å². The fourth-order valence-electron chi connectivity index (χ4n) is 3.12. The van der Waals surface area contributed by atoms with Gasteiger partial charge in [0.25, 0.3) is 5.91 Å². The minimum absolute atomic E-state index is 0.101. The third-order valence-electron chi connectivity index (χ3n) is 4.67. The normalized spacial score (nSPS) is 18.6. The van der Waals surface area contributed by atoms with E-state index in [0.717, 1.165) is 18.4 Å². The van der Waals surface area contributed by atoms with E-state index >= 15 is 0 Å². The molecule has 2 aromatic carbocycles. The Hall–Kier alpha value is -3.15. The van der Waals surface area contributed by atoms with Gasteiger partial charge in [-0.3, -0.25) is 4.79 Å². The van der Waals surface area contributed by atoms with Gasteiger partial charge >= 0.3 is 0 Å². The SMILES string of the molecule is O=C(N[C@H]1C[C@H](COc2ccc(F)cc2)C1)c1cc(-c2ccccc2)no1. The van der Waals surface area contributed by atoms with Gasteiger partial charge in [-0.1, -0.05) is 35.5 Å². The summed E-state index contributed by atoms with van der Waals surface area (Å²) in [5, 5.41) is 6.92. The lowest BCUT2D eigenvalue weighted by atomic mass is 9.81. The van der Waals surface area contributed by atoms with Gasteiger partial charge in [0.2, 0.25) is 5.76 Å². The standard InChI is InChI=1S/C21H19FN2O3/c22-16-6-8-18(9-7-16)26-13-14-10-17(11-14)23-21(25)20-12-19(24-27-20)15-4-2-1-3-5-15/h1-9,12,14,17H,10-11,13H2,(H,23,25)/t14-,17-. The summed E-state index contributed by atoms with van der Waals surface area (Å²) in [5.41, 5.74) is 1.54. The molecule has 3 aromatic rings. The summed E-state index contributed by atoms with van der Waals surface area (Å²) in [4.78, 5) is 12.3. The van der Waals surface area contributed by atoms with Crippen LogP contribution < -0.4 is 10.1 Å². The zero-order chi connectivity index (χ0) is 18.6. The molecule has 0 aliphatic heterocycles. The Morgan fingerprint density at radius 1 is 1.15 bits per heavy atom. The van der Waals surface area contributed by atoms with Crippen molar-refractivity contribution in [3.63, 3.8) is 0 Å². The highest BCUT2D eigenvalue weighted by atomic mass is 19.1. The van der Waals surface area contributed by atoms with Crippen molar-refractivity contribution in [1.82, 2.24) is 10.5 Å². The van der Waals surface area contributed by atoms with Gasteiger partial charge in [-0.15, -0.1) is 0 Å². The van der Waals surface area contributed by atoms with Gasteiger partial charge < -0.3 is 14.6 Å². The average molecular weight is 366 g/mol.